The third kappa shape index (κ3) is 8.84. The maximum absolute atomic E-state index is 12.2. The summed E-state index contributed by atoms with van der Waals surface area (Å²) in [6, 6.07) is 0.788. The number of allylic oxidation sites excluding steroid dienone is 1. The van der Waals surface area contributed by atoms with E-state index in [1.165, 1.54) is 12.8 Å². The first-order valence-electron chi connectivity index (χ1n) is 9.86. The molecule has 0 saturated heterocycles. The zero-order chi connectivity index (χ0) is 17.9. The molecule has 3 atom stereocenters. The van der Waals surface area contributed by atoms with Gasteiger partial charge in [-0.15, -0.1) is 0 Å². The van der Waals surface area contributed by atoms with Gasteiger partial charge in [0.25, 0.3) is 0 Å². The van der Waals surface area contributed by atoms with Crippen molar-refractivity contribution in [2.75, 3.05) is 6.54 Å². The van der Waals surface area contributed by atoms with Crippen molar-refractivity contribution in [3.8, 4) is 0 Å². The molecule has 0 spiro atoms. The van der Waals surface area contributed by atoms with Gasteiger partial charge in [-0.05, 0) is 58.8 Å². The molecule has 0 aromatic rings. The van der Waals surface area contributed by atoms with Gasteiger partial charge in [0.15, 0.2) is 0 Å². The number of unbranched alkanes of at least 4 members (excludes halogenated alkanes) is 4. The molecule has 4 heteroatoms. The van der Waals surface area contributed by atoms with Crippen molar-refractivity contribution in [2.24, 2.45) is 5.92 Å². The Kier molecular flexibility index (Phi) is 10.3. The zero-order valence-corrected chi connectivity index (χ0v) is 16.1. The van der Waals surface area contributed by atoms with Gasteiger partial charge in [0.2, 0.25) is 5.91 Å². The molecule has 0 aromatic heterocycles. The van der Waals surface area contributed by atoms with E-state index in [4.69, 9.17) is 0 Å². The molecule has 1 fully saturated rings. The normalized spacial score (nSPS) is 21.4. The van der Waals surface area contributed by atoms with Gasteiger partial charge in [-0.1, -0.05) is 31.9 Å². The summed E-state index contributed by atoms with van der Waals surface area (Å²) in [5, 5.41) is 12.4. The Morgan fingerprint density at radius 1 is 1.25 bits per heavy atom. The molecule has 0 aliphatic heterocycles. The highest BCUT2D eigenvalue weighted by Gasteiger charge is 2.34. The highest BCUT2D eigenvalue weighted by atomic mass is 16.3. The molecule has 140 valence electrons. The summed E-state index contributed by atoms with van der Waals surface area (Å²) < 4.78 is 0. The van der Waals surface area contributed by atoms with E-state index < -0.39 is 6.23 Å². The minimum absolute atomic E-state index is 0.317. The number of carbonyl (C=O) groups excluding carboxylic acids is 1. The van der Waals surface area contributed by atoms with E-state index in [1.807, 2.05) is 4.90 Å². The molecule has 2 N–H and O–H groups in total. The summed E-state index contributed by atoms with van der Waals surface area (Å²) in [6.07, 6.45) is 12.7. The predicted molar refractivity (Wildman–Crippen MR) is 101 cm³/mol. The molecule has 1 rings (SSSR count). The second-order valence-electron chi connectivity index (χ2n) is 7.41. The smallest absolute Gasteiger partial charge is 0.222 e. The molecule has 1 aliphatic carbocycles. The average Bonchev–Trinajstić information content (AvgIpc) is 3.23. The molecular formula is C20H38N2O2. The van der Waals surface area contributed by atoms with Crippen molar-refractivity contribution in [1.82, 2.24) is 10.2 Å². The van der Waals surface area contributed by atoms with Crippen LogP contribution in [0.4, 0.5) is 0 Å². The van der Waals surface area contributed by atoms with Crippen LogP contribution < -0.4 is 5.32 Å². The third-order valence-corrected chi connectivity index (χ3v) is 4.60. The summed E-state index contributed by atoms with van der Waals surface area (Å²) in [4.78, 5) is 14.2. The van der Waals surface area contributed by atoms with Crippen LogP contribution in [0.3, 0.4) is 0 Å². The Labute approximate surface area is 148 Å². The number of hydrogen-bond donors (Lipinski definition) is 2. The number of carbonyl (C=O) groups is 1. The van der Waals surface area contributed by atoms with Crippen LogP contribution in [0.2, 0.25) is 0 Å². The minimum atomic E-state index is -0.403. The van der Waals surface area contributed by atoms with E-state index in [1.54, 1.807) is 6.92 Å². The second-order valence-corrected chi connectivity index (χ2v) is 7.41. The molecule has 1 saturated carbocycles. The number of aliphatic hydroxyl groups excluding tert-OH is 1. The lowest BCUT2D eigenvalue weighted by Gasteiger charge is -2.26. The van der Waals surface area contributed by atoms with Gasteiger partial charge in [0, 0.05) is 25.0 Å². The standard InChI is InChI=1S/C20H38N2O2/c1-5-14-22(16(2)3)20(24)13-11-9-7-6-8-10-12-18-15-19(18)21-17(4)23/h10,12,16-19,21,23H,5-9,11,13-15H2,1-4H3/b12-10-/t17?,18-,19?/m1/s1. The van der Waals surface area contributed by atoms with Gasteiger partial charge in [0.1, 0.15) is 6.23 Å². The van der Waals surface area contributed by atoms with Gasteiger partial charge in [0.05, 0.1) is 0 Å². The first-order chi connectivity index (χ1) is 11.5. The number of nitrogens with zero attached hydrogens (tertiary/aromatic N) is 1. The van der Waals surface area contributed by atoms with Crippen LogP contribution in [0.5, 0.6) is 0 Å². The molecule has 1 aliphatic rings. The fraction of sp³-hybridized carbons (Fsp3) is 0.850. The lowest BCUT2D eigenvalue weighted by molar-refractivity contribution is -0.133. The topological polar surface area (TPSA) is 52.6 Å². The van der Waals surface area contributed by atoms with Crippen molar-refractivity contribution in [2.45, 2.75) is 97.4 Å². The summed E-state index contributed by atoms with van der Waals surface area (Å²) >= 11 is 0. The summed E-state index contributed by atoms with van der Waals surface area (Å²) in [5.41, 5.74) is 0. The Balaban J connectivity index is 2.00. The monoisotopic (exact) mass is 338 g/mol. The van der Waals surface area contributed by atoms with Crippen LogP contribution in [-0.2, 0) is 4.79 Å². The van der Waals surface area contributed by atoms with Crippen LogP contribution >= 0.6 is 0 Å². The van der Waals surface area contributed by atoms with Crippen LogP contribution in [0, 0.1) is 5.92 Å². The average molecular weight is 339 g/mol. The second kappa shape index (κ2) is 11.6. The van der Waals surface area contributed by atoms with E-state index in [0.717, 1.165) is 38.6 Å². The van der Waals surface area contributed by atoms with Gasteiger partial charge in [-0.2, -0.15) is 0 Å². The molecular weight excluding hydrogens is 300 g/mol. The summed E-state index contributed by atoms with van der Waals surface area (Å²) in [6.45, 7) is 8.97. The van der Waals surface area contributed by atoms with E-state index in [9.17, 15) is 9.90 Å². The van der Waals surface area contributed by atoms with E-state index in [0.29, 0.717) is 30.3 Å². The Morgan fingerprint density at radius 2 is 1.96 bits per heavy atom. The summed E-state index contributed by atoms with van der Waals surface area (Å²) in [5.74, 6) is 0.926. The highest BCUT2D eigenvalue weighted by Crippen LogP contribution is 2.32. The predicted octanol–water partition coefficient (Wildman–Crippen LogP) is 3.85. The van der Waals surface area contributed by atoms with Gasteiger partial charge >= 0.3 is 0 Å². The maximum atomic E-state index is 12.2. The Bertz CT molecular complexity index is 380. The number of nitrogens with one attached hydrogen (secondary N) is 1. The van der Waals surface area contributed by atoms with Crippen molar-refractivity contribution in [3.63, 3.8) is 0 Å². The van der Waals surface area contributed by atoms with Crippen molar-refractivity contribution >= 4 is 5.91 Å². The number of amides is 1. The Morgan fingerprint density at radius 3 is 2.58 bits per heavy atom. The van der Waals surface area contributed by atoms with Crippen molar-refractivity contribution in [1.29, 1.82) is 0 Å². The van der Waals surface area contributed by atoms with Crippen LogP contribution in [0.25, 0.3) is 0 Å². The van der Waals surface area contributed by atoms with Crippen molar-refractivity contribution < 1.29 is 9.90 Å². The number of rotatable bonds is 13. The molecule has 0 heterocycles. The van der Waals surface area contributed by atoms with Crippen molar-refractivity contribution in [3.05, 3.63) is 12.2 Å². The first kappa shape index (κ1) is 21.2. The minimum Gasteiger partial charge on any atom is -0.379 e. The quantitative estimate of drug-likeness (QED) is 0.305. The van der Waals surface area contributed by atoms with Crippen LogP contribution in [-0.4, -0.2) is 40.8 Å². The van der Waals surface area contributed by atoms with E-state index in [-0.39, 0.29) is 0 Å². The SMILES string of the molecule is CCCN(C(=O)CCCCCC/C=C\[C@@H]1CC1NC(C)O)C(C)C. The van der Waals surface area contributed by atoms with E-state index >= 15 is 0 Å². The maximum Gasteiger partial charge on any atom is 0.222 e. The molecule has 2 unspecified atom stereocenters. The van der Waals surface area contributed by atoms with E-state index in [2.05, 4.69) is 38.2 Å². The molecule has 0 radical (unpaired) electrons. The third-order valence-electron chi connectivity index (χ3n) is 4.60. The molecule has 4 nitrogen and oxygen atoms in total. The lowest BCUT2D eigenvalue weighted by Crippen LogP contribution is -2.37. The van der Waals surface area contributed by atoms with Crippen LogP contribution in [0.15, 0.2) is 12.2 Å². The zero-order valence-electron chi connectivity index (χ0n) is 16.1. The first-order valence-corrected chi connectivity index (χ1v) is 9.86. The molecule has 0 bridgehead atoms. The number of hydrogen-bond acceptors (Lipinski definition) is 3. The number of aliphatic hydroxyl groups is 1. The van der Waals surface area contributed by atoms with Crippen LogP contribution in [0.1, 0.15) is 79.1 Å². The Hall–Kier alpha value is -0.870. The van der Waals surface area contributed by atoms with Gasteiger partial charge in [-0.3, -0.25) is 10.1 Å². The fourth-order valence-electron chi connectivity index (χ4n) is 3.15. The lowest BCUT2D eigenvalue weighted by atomic mass is 10.1. The molecule has 1 amide bonds. The van der Waals surface area contributed by atoms with Gasteiger partial charge in [-0.25, -0.2) is 0 Å². The highest BCUT2D eigenvalue weighted by molar-refractivity contribution is 5.76. The summed E-state index contributed by atoms with van der Waals surface area (Å²) in [7, 11) is 0. The molecule has 24 heavy (non-hydrogen) atoms. The largest absolute Gasteiger partial charge is 0.379 e. The fourth-order valence-corrected chi connectivity index (χ4v) is 3.15. The van der Waals surface area contributed by atoms with Gasteiger partial charge < -0.3 is 10.0 Å². The molecule has 0 aromatic carbocycles.